The molecule has 0 saturated carbocycles. The number of nitrogens with zero attached hydrogens (tertiary/aromatic N) is 2. The Morgan fingerprint density at radius 3 is 2.75 bits per heavy atom. The molecule has 0 atom stereocenters. The van der Waals surface area contributed by atoms with Crippen LogP contribution in [0.25, 0.3) is 5.69 Å². The second kappa shape index (κ2) is 7.08. The van der Waals surface area contributed by atoms with Crippen molar-refractivity contribution in [1.29, 1.82) is 0 Å². The van der Waals surface area contributed by atoms with E-state index in [0.717, 1.165) is 16.8 Å². The van der Waals surface area contributed by atoms with E-state index in [1.165, 1.54) is 6.07 Å². The summed E-state index contributed by atoms with van der Waals surface area (Å²) in [6.45, 7) is 1.80. The van der Waals surface area contributed by atoms with E-state index in [0.29, 0.717) is 6.42 Å². The first kappa shape index (κ1) is 15.9. The molecule has 2 aromatic carbocycles. The number of aryl methyl sites for hydroxylation is 2. The van der Waals surface area contributed by atoms with Crippen LogP contribution in [-0.2, 0) is 11.2 Å². The lowest BCUT2D eigenvalue weighted by Gasteiger charge is -2.06. The van der Waals surface area contributed by atoms with Crippen LogP contribution in [0.1, 0.15) is 17.5 Å². The maximum absolute atomic E-state index is 13.7. The Balaban J connectivity index is 1.58. The van der Waals surface area contributed by atoms with E-state index in [1.807, 2.05) is 36.5 Å². The zero-order chi connectivity index (χ0) is 16.9. The summed E-state index contributed by atoms with van der Waals surface area (Å²) in [4.78, 5) is 12.0. The van der Waals surface area contributed by atoms with Crippen molar-refractivity contribution in [3.63, 3.8) is 0 Å². The third-order valence-electron chi connectivity index (χ3n) is 3.70. The highest BCUT2D eigenvalue weighted by Gasteiger charge is 2.08. The number of para-hydroxylation sites is 1. The molecule has 0 radical (unpaired) electrons. The Labute approximate surface area is 139 Å². The molecular formula is C19H18FN3O. The third-order valence-corrected chi connectivity index (χ3v) is 3.70. The Hall–Kier alpha value is -2.95. The number of amides is 1. The first-order valence-electron chi connectivity index (χ1n) is 7.77. The largest absolute Gasteiger partial charge is 0.324 e. The van der Waals surface area contributed by atoms with Gasteiger partial charge in [0.25, 0.3) is 0 Å². The zero-order valence-electron chi connectivity index (χ0n) is 13.4. The van der Waals surface area contributed by atoms with Gasteiger partial charge in [-0.2, -0.15) is 5.10 Å². The summed E-state index contributed by atoms with van der Waals surface area (Å²) >= 11 is 0. The number of carbonyl (C=O) groups is 1. The maximum Gasteiger partial charge on any atom is 0.224 e. The van der Waals surface area contributed by atoms with E-state index in [4.69, 9.17) is 0 Å². The van der Waals surface area contributed by atoms with Crippen LogP contribution in [0.15, 0.2) is 60.9 Å². The first-order valence-corrected chi connectivity index (χ1v) is 7.77. The van der Waals surface area contributed by atoms with E-state index >= 15 is 0 Å². The molecule has 0 unspecified atom stereocenters. The lowest BCUT2D eigenvalue weighted by atomic mass is 10.2. The Bertz CT molecular complexity index is 843. The van der Waals surface area contributed by atoms with Gasteiger partial charge in [-0.15, -0.1) is 0 Å². The number of rotatable bonds is 5. The van der Waals surface area contributed by atoms with Crippen LogP contribution in [-0.4, -0.2) is 15.7 Å². The Morgan fingerprint density at radius 2 is 2.00 bits per heavy atom. The molecule has 0 spiro atoms. The Kier molecular flexibility index (Phi) is 4.70. The van der Waals surface area contributed by atoms with E-state index in [1.54, 1.807) is 29.9 Å². The summed E-state index contributed by atoms with van der Waals surface area (Å²) in [5.74, 6) is -0.634. The predicted molar refractivity (Wildman–Crippen MR) is 91.7 cm³/mol. The van der Waals surface area contributed by atoms with Crippen LogP contribution in [0, 0.1) is 12.7 Å². The van der Waals surface area contributed by atoms with Crippen LogP contribution in [0.2, 0.25) is 0 Å². The van der Waals surface area contributed by atoms with Gasteiger partial charge in [0.05, 0.1) is 17.6 Å². The molecule has 1 N–H and O–H groups in total. The SMILES string of the molecule is Cc1ccc(NC(=O)CCc2cnn(-c3ccccc3)c2)c(F)c1. The molecule has 4 nitrogen and oxygen atoms in total. The van der Waals surface area contributed by atoms with Gasteiger partial charge < -0.3 is 5.32 Å². The van der Waals surface area contributed by atoms with Crippen molar-refractivity contribution in [2.45, 2.75) is 19.8 Å². The molecule has 0 aliphatic rings. The zero-order valence-corrected chi connectivity index (χ0v) is 13.4. The summed E-state index contributed by atoms with van der Waals surface area (Å²) in [5, 5.41) is 6.90. The average molecular weight is 323 g/mol. The number of hydrogen-bond acceptors (Lipinski definition) is 2. The van der Waals surface area contributed by atoms with Crippen molar-refractivity contribution in [2.24, 2.45) is 0 Å². The molecule has 0 aliphatic heterocycles. The minimum Gasteiger partial charge on any atom is -0.324 e. The molecule has 0 fully saturated rings. The van der Waals surface area contributed by atoms with Gasteiger partial charge in [-0.3, -0.25) is 4.79 Å². The normalized spacial score (nSPS) is 10.6. The van der Waals surface area contributed by atoms with Crippen molar-refractivity contribution >= 4 is 11.6 Å². The van der Waals surface area contributed by atoms with Crippen LogP contribution in [0.5, 0.6) is 0 Å². The minimum atomic E-state index is -0.416. The van der Waals surface area contributed by atoms with E-state index in [-0.39, 0.29) is 18.0 Å². The van der Waals surface area contributed by atoms with E-state index in [2.05, 4.69) is 10.4 Å². The summed E-state index contributed by atoms with van der Waals surface area (Å²) in [6.07, 6.45) is 4.46. The number of carbonyl (C=O) groups excluding carboxylic acids is 1. The van der Waals surface area contributed by atoms with Crippen LogP contribution in [0.4, 0.5) is 10.1 Å². The highest BCUT2D eigenvalue weighted by atomic mass is 19.1. The second-order valence-corrected chi connectivity index (χ2v) is 5.66. The monoisotopic (exact) mass is 323 g/mol. The molecule has 3 aromatic rings. The van der Waals surface area contributed by atoms with Crippen LogP contribution >= 0.6 is 0 Å². The summed E-state index contributed by atoms with van der Waals surface area (Å²) < 4.78 is 15.5. The Morgan fingerprint density at radius 1 is 1.21 bits per heavy atom. The molecule has 0 saturated heterocycles. The van der Waals surface area contributed by atoms with E-state index < -0.39 is 5.82 Å². The molecule has 0 bridgehead atoms. The number of halogens is 1. The standard InChI is InChI=1S/C19H18FN3O/c1-14-7-9-18(17(20)11-14)22-19(24)10-8-15-12-21-23(13-15)16-5-3-2-4-6-16/h2-7,9,11-13H,8,10H2,1H3,(H,22,24). The summed E-state index contributed by atoms with van der Waals surface area (Å²) in [5.41, 5.74) is 2.96. The molecule has 3 rings (SSSR count). The fraction of sp³-hybridized carbons (Fsp3) is 0.158. The van der Waals surface area contributed by atoms with Gasteiger partial charge in [-0.25, -0.2) is 9.07 Å². The lowest BCUT2D eigenvalue weighted by Crippen LogP contribution is -2.13. The molecule has 1 aromatic heterocycles. The fourth-order valence-electron chi connectivity index (χ4n) is 2.40. The first-order chi connectivity index (χ1) is 11.6. The highest BCUT2D eigenvalue weighted by molar-refractivity contribution is 5.90. The molecule has 1 heterocycles. The average Bonchev–Trinajstić information content (AvgIpc) is 3.05. The molecule has 0 aliphatic carbocycles. The topological polar surface area (TPSA) is 46.9 Å². The van der Waals surface area contributed by atoms with Crippen molar-refractivity contribution in [2.75, 3.05) is 5.32 Å². The second-order valence-electron chi connectivity index (χ2n) is 5.66. The number of nitrogens with one attached hydrogen (secondary N) is 1. The number of benzene rings is 2. The van der Waals surface area contributed by atoms with E-state index in [9.17, 15) is 9.18 Å². The van der Waals surface area contributed by atoms with Crippen molar-refractivity contribution in [3.8, 4) is 5.69 Å². The smallest absolute Gasteiger partial charge is 0.224 e. The third kappa shape index (κ3) is 3.87. The van der Waals surface area contributed by atoms with Gasteiger partial charge in [-0.1, -0.05) is 24.3 Å². The van der Waals surface area contributed by atoms with Gasteiger partial charge in [0.2, 0.25) is 5.91 Å². The molecular weight excluding hydrogens is 305 g/mol. The predicted octanol–water partition coefficient (Wildman–Crippen LogP) is 3.89. The summed E-state index contributed by atoms with van der Waals surface area (Å²) in [6, 6.07) is 14.5. The molecule has 122 valence electrons. The molecule has 24 heavy (non-hydrogen) atoms. The fourth-order valence-corrected chi connectivity index (χ4v) is 2.40. The molecule has 1 amide bonds. The van der Waals surface area contributed by atoms with Crippen molar-refractivity contribution in [1.82, 2.24) is 9.78 Å². The van der Waals surface area contributed by atoms with Crippen LogP contribution < -0.4 is 5.32 Å². The van der Waals surface area contributed by atoms with Gasteiger partial charge in [0, 0.05) is 12.6 Å². The van der Waals surface area contributed by atoms with Crippen molar-refractivity contribution in [3.05, 3.63) is 77.9 Å². The van der Waals surface area contributed by atoms with Crippen molar-refractivity contribution < 1.29 is 9.18 Å². The molecule has 5 heteroatoms. The quantitative estimate of drug-likeness (QED) is 0.774. The van der Waals surface area contributed by atoms with Gasteiger partial charge >= 0.3 is 0 Å². The van der Waals surface area contributed by atoms with Gasteiger partial charge in [0.15, 0.2) is 0 Å². The minimum absolute atomic E-state index is 0.214. The number of aromatic nitrogens is 2. The van der Waals surface area contributed by atoms with Crippen LogP contribution in [0.3, 0.4) is 0 Å². The van der Waals surface area contributed by atoms with Gasteiger partial charge in [-0.05, 0) is 48.7 Å². The maximum atomic E-state index is 13.7. The highest BCUT2D eigenvalue weighted by Crippen LogP contribution is 2.16. The summed E-state index contributed by atoms with van der Waals surface area (Å²) in [7, 11) is 0. The lowest BCUT2D eigenvalue weighted by molar-refractivity contribution is -0.116. The van der Waals surface area contributed by atoms with Gasteiger partial charge in [0.1, 0.15) is 5.82 Å². The number of anilines is 1. The number of hydrogen-bond donors (Lipinski definition) is 1.